The average Bonchev–Trinajstić information content (AvgIpc) is 3.13. The summed E-state index contributed by atoms with van der Waals surface area (Å²) in [6.07, 6.45) is 1.56. The third-order valence-electron chi connectivity index (χ3n) is 5.79. The minimum atomic E-state index is -0.502. The van der Waals surface area contributed by atoms with Crippen molar-refractivity contribution in [2.45, 2.75) is 19.0 Å². The van der Waals surface area contributed by atoms with Crippen LogP contribution in [0.4, 0.5) is 16.6 Å². The molecule has 3 amide bonds. The van der Waals surface area contributed by atoms with E-state index in [1.54, 1.807) is 30.3 Å². The average molecular weight is 513 g/mol. The van der Waals surface area contributed by atoms with Gasteiger partial charge in [0.1, 0.15) is 11.1 Å². The molecule has 2 aliphatic rings. The smallest absolute Gasteiger partial charge is 0.317 e. The molecule has 9 nitrogen and oxygen atoms in total. The van der Waals surface area contributed by atoms with Crippen molar-refractivity contribution in [2.24, 2.45) is 0 Å². The zero-order chi connectivity index (χ0) is 23.7. The first kappa shape index (κ1) is 23.7. The van der Waals surface area contributed by atoms with Crippen LogP contribution in [-0.4, -0.2) is 77.5 Å². The quantitative estimate of drug-likeness (QED) is 0.639. The molecule has 2 fully saturated rings. The standard InChI is InChI=1S/C21H24Cl3N7O2/c1-12(14-4-3-13(22)9-15(14)23)26-18-16(24)10-25-20(28-18)31-7-5-30(6-8-31)19(32)17-11-29(2)21(33)27-17/h3-4,9-10,12,17H,5-8,11H2,1-2H3,(H,27,33)(H,25,26,28)/t12-,17-/m1/s1. The maximum Gasteiger partial charge on any atom is 0.317 e. The Kier molecular flexibility index (Phi) is 7.02. The van der Waals surface area contributed by atoms with Crippen LogP contribution in [0, 0.1) is 0 Å². The molecule has 0 aliphatic carbocycles. The minimum absolute atomic E-state index is 0.0691. The van der Waals surface area contributed by atoms with Gasteiger partial charge in [0.05, 0.1) is 18.8 Å². The maximum atomic E-state index is 12.7. The number of nitrogens with one attached hydrogen (secondary N) is 2. The van der Waals surface area contributed by atoms with Crippen molar-refractivity contribution in [2.75, 3.05) is 50.0 Å². The van der Waals surface area contributed by atoms with Crippen LogP contribution in [0.25, 0.3) is 0 Å². The van der Waals surface area contributed by atoms with Gasteiger partial charge in [-0.05, 0) is 24.6 Å². The molecule has 176 valence electrons. The molecule has 2 atom stereocenters. The lowest BCUT2D eigenvalue weighted by Crippen LogP contribution is -2.54. The first-order valence-corrected chi connectivity index (χ1v) is 11.7. The third kappa shape index (κ3) is 5.20. The number of piperazine rings is 1. The molecule has 33 heavy (non-hydrogen) atoms. The minimum Gasteiger partial charge on any atom is -0.362 e. The molecule has 0 saturated carbocycles. The van der Waals surface area contributed by atoms with Gasteiger partial charge >= 0.3 is 6.03 Å². The lowest BCUT2D eigenvalue weighted by molar-refractivity contribution is -0.133. The van der Waals surface area contributed by atoms with Crippen LogP contribution in [0.2, 0.25) is 15.1 Å². The zero-order valence-corrected chi connectivity index (χ0v) is 20.5. The SMILES string of the molecule is C[C@@H](Nc1nc(N2CCN(C(=O)[C@H]3CN(C)C(=O)N3)CC2)ncc1Cl)c1ccc(Cl)cc1Cl. The molecular formula is C21H24Cl3N7O2. The summed E-state index contributed by atoms with van der Waals surface area (Å²) in [5, 5.41) is 7.52. The number of amides is 3. The van der Waals surface area contributed by atoms with Crippen LogP contribution in [0.5, 0.6) is 0 Å². The van der Waals surface area contributed by atoms with Crippen LogP contribution < -0.4 is 15.5 Å². The Hall–Kier alpha value is -2.49. The highest BCUT2D eigenvalue weighted by molar-refractivity contribution is 6.35. The highest BCUT2D eigenvalue weighted by atomic mass is 35.5. The van der Waals surface area contributed by atoms with Gasteiger partial charge in [0.15, 0.2) is 5.82 Å². The Labute approximate surface area is 207 Å². The van der Waals surface area contributed by atoms with Crippen molar-refractivity contribution in [3.05, 3.63) is 45.0 Å². The third-order valence-corrected chi connectivity index (χ3v) is 6.63. The van der Waals surface area contributed by atoms with Crippen molar-refractivity contribution in [1.29, 1.82) is 0 Å². The summed E-state index contributed by atoms with van der Waals surface area (Å²) in [6, 6.07) is 4.44. The number of hydrogen-bond donors (Lipinski definition) is 2. The van der Waals surface area contributed by atoms with Crippen molar-refractivity contribution in [1.82, 2.24) is 25.1 Å². The fourth-order valence-corrected chi connectivity index (χ4v) is 4.61. The Bertz CT molecular complexity index is 1060. The topological polar surface area (TPSA) is 93.7 Å². The highest BCUT2D eigenvalue weighted by Gasteiger charge is 2.35. The predicted octanol–water partition coefficient (Wildman–Crippen LogP) is 3.28. The van der Waals surface area contributed by atoms with Crippen molar-refractivity contribution < 1.29 is 9.59 Å². The van der Waals surface area contributed by atoms with Gasteiger partial charge in [0.25, 0.3) is 0 Å². The molecule has 2 aliphatic heterocycles. The van der Waals surface area contributed by atoms with E-state index in [-0.39, 0.29) is 18.0 Å². The molecule has 0 spiro atoms. The van der Waals surface area contributed by atoms with E-state index in [2.05, 4.69) is 20.6 Å². The molecular weight excluding hydrogens is 489 g/mol. The number of rotatable bonds is 5. The van der Waals surface area contributed by atoms with Gasteiger partial charge in [-0.3, -0.25) is 4.79 Å². The lowest BCUT2D eigenvalue weighted by atomic mass is 10.1. The van der Waals surface area contributed by atoms with Gasteiger partial charge in [-0.1, -0.05) is 40.9 Å². The predicted molar refractivity (Wildman–Crippen MR) is 129 cm³/mol. The summed E-state index contributed by atoms with van der Waals surface area (Å²) >= 11 is 18.7. The molecule has 4 rings (SSSR count). The van der Waals surface area contributed by atoms with E-state index in [1.165, 1.54) is 4.90 Å². The molecule has 2 N–H and O–H groups in total. The summed E-state index contributed by atoms with van der Waals surface area (Å²) in [5.41, 5.74) is 0.870. The van der Waals surface area contributed by atoms with Crippen molar-refractivity contribution in [3.63, 3.8) is 0 Å². The normalized spacial score (nSPS) is 19.5. The molecule has 0 unspecified atom stereocenters. The van der Waals surface area contributed by atoms with Crippen molar-refractivity contribution >= 4 is 58.5 Å². The number of carbonyl (C=O) groups excluding carboxylic acids is 2. The molecule has 2 saturated heterocycles. The summed E-state index contributed by atoms with van der Waals surface area (Å²) in [7, 11) is 1.67. The number of urea groups is 1. The van der Waals surface area contributed by atoms with E-state index < -0.39 is 6.04 Å². The van der Waals surface area contributed by atoms with E-state index >= 15 is 0 Å². The monoisotopic (exact) mass is 511 g/mol. The van der Waals surface area contributed by atoms with Crippen LogP contribution in [0.3, 0.4) is 0 Å². The lowest BCUT2D eigenvalue weighted by Gasteiger charge is -2.35. The fraction of sp³-hybridized carbons (Fsp3) is 0.429. The number of nitrogens with zero attached hydrogens (tertiary/aromatic N) is 5. The molecule has 0 radical (unpaired) electrons. The summed E-state index contributed by atoms with van der Waals surface area (Å²) in [4.78, 5) is 38.6. The zero-order valence-electron chi connectivity index (χ0n) is 18.2. The van der Waals surface area contributed by atoms with Gasteiger partial charge in [-0.25, -0.2) is 9.78 Å². The molecule has 3 heterocycles. The second kappa shape index (κ2) is 9.79. The molecule has 2 aromatic rings. The van der Waals surface area contributed by atoms with Crippen LogP contribution in [0.15, 0.2) is 24.4 Å². The highest BCUT2D eigenvalue weighted by Crippen LogP contribution is 2.30. The Morgan fingerprint density at radius 2 is 1.91 bits per heavy atom. The number of halogens is 3. The first-order valence-electron chi connectivity index (χ1n) is 10.5. The number of carbonyl (C=O) groups is 2. The number of hydrogen-bond acceptors (Lipinski definition) is 6. The van der Waals surface area contributed by atoms with Crippen LogP contribution in [-0.2, 0) is 4.79 Å². The first-order chi connectivity index (χ1) is 15.7. The maximum absolute atomic E-state index is 12.7. The Morgan fingerprint density at radius 3 is 2.55 bits per heavy atom. The Balaban J connectivity index is 1.40. The molecule has 0 bridgehead atoms. The van der Waals surface area contributed by atoms with Gasteiger partial charge in [-0.15, -0.1) is 0 Å². The van der Waals surface area contributed by atoms with E-state index in [0.717, 1.165) is 5.56 Å². The van der Waals surface area contributed by atoms with Gasteiger partial charge in [0, 0.05) is 43.3 Å². The van der Waals surface area contributed by atoms with Gasteiger partial charge < -0.3 is 25.3 Å². The number of benzene rings is 1. The summed E-state index contributed by atoms with van der Waals surface area (Å²) in [5.74, 6) is 0.952. The van der Waals surface area contributed by atoms with Crippen LogP contribution >= 0.6 is 34.8 Å². The van der Waals surface area contributed by atoms with Gasteiger partial charge in [0.2, 0.25) is 11.9 Å². The van der Waals surface area contributed by atoms with E-state index in [1.807, 2.05) is 17.9 Å². The van der Waals surface area contributed by atoms with E-state index in [9.17, 15) is 9.59 Å². The second-order valence-corrected chi connectivity index (χ2v) is 9.34. The molecule has 12 heteroatoms. The molecule has 1 aromatic heterocycles. The summed E-state index contributed by atoms with van der Waals surface area (Å²) < 4.78 is 0. The van der Waals surface area contributed by atoms with Crippen molar-refractivity contribution in [3.8, 4) is 0 Å². The number of anilines is 2. The number of likely N-dealkylation sites (N-methyl/N-ethyl adjacent to an activating group) is 1. The molecule has 1 aromatic carbocycles. The van der Waals surface area contributed by atoms with Crippen LogP contribution in [0.1, 0.15) is 18.5 Å². The summed E-state index contributed by atoms with van der Waals surface area (Å²) in [6.45, 7) is 4.50. The van der Waals surface area contributed by atoms with E-state index in [0.29, 0.717) is 59.6 Å². The van der Waals surface area contributed by atoms with Gasteiger partial charge in [-0.2, -0.15) is 4.98 Å². The Morgan fingerprint density at radius 1 is 1.18 bits per heavy atom. The second-order valence-electron chi connectivity index (χ2n) is 8.09. The number of aromatic nitrogens is 2. The fourth-order valence-electron chi connectivity index (χ4n) is 3.90. The van der Waals surface area contributed by atoms with E-state index in [4.69, 9.17) is 34.8 Å². The largest absolute Gasteiger partial charge is 0.362 e.